The summed E-state index contributed by atoms with van der Waals surface area (Å²) in [6.07, 6.45) is 5.26. The van der Waals surface area contributed by atoms with E-state index in [1.54, 1.807) is 7.11 Å². The number of amides is 1. The second-order valence-electron chi connectivity index (χ2n) is 6.58. The van der Waals surface area contributed by atoms with E-state index in [0.717, 1.165) is 12.8 Å². The maximum atomic E-state index is 12.0. The Bertz CT molecular complexity index is 455. The van der Waals surface area contributed by atoms with Crippen LogP contribution in [0.1, 0.15) is 50.0 Å². The van der Waals surface area contributed by atoms with Gasteiger partial charge >= 0.3 is 0 Å². The predicted octanol–water partition coefficient (Wildman–Crippen LogP) is 2.86. The highest BCUT2D eigenvalue weighted by Gasteiger charge is 2.23. The SMILES string of the molecule is COCC(O)CCNC(=O)CC1CCC(c2ccccc2)CC1. The van der Waals surface area contributed by atoms with Crippen LogP contribution in [0.2, 0.25) is 0 Å². The van der Waals surface area contributed by atoms with Crippen LogP contribution in [0.25, 0.3) is 0 Å². The number of carbonyl (C=O) groups is 1. The third kappa shape index (κ3) is 6.32. The molecule has 1 saturated carbocycles. The lowest BCUT2D eigenvalue weighted by Gasteiger charge is -2.28. The minimum absolute atomic E-state index is 0.109. The molecule has 2 rings (SSSR count). The Hall–Kier alpha value is -1.39. The van der Waals surface area contributed by atoms with E-state index in [-0.39, 0.29) is 5.91 Å². The van der Waals surface area contributed by atoms with Gasteiger partial charge in [-0.15, -0.1) is 0 Å². The van der Waals surface area contributed by atoms with E-state index in [9.17, 15) is 9.90 Å². The summed E-state index contributed by atoms with van der Waals surface area (Å²) in [5.74, 6) is 1.26. The lowest BCUT2D eigenvalue weighted by molar-refractivity contribution is -0.122. The molecule has 1 aliphatic rings. The molecule has 1 aromatic carbocycles. The van der Waals surface area contributed by atoms with Crippen LogP contribution in [-0.2, 0) is 9.53 Å². The number of carbonyl (C=O) groups excluding carboxylic acids is 1. The monoisotopic (exact) mass is 319 g/mol. The maximum absolute atomic E-state index is 12.0. The molecule has 1 amide bonds. The number of methoxy groups -OCH3 is 1. The van der Waals surface area contributed by atoms with Crippen molar-refractivity contribution in [3.63, 3.8) is 0 Å². The summed E-state index contributed by atoms with van der Waals surface area (Å²) in [5.41, 5.74) is 1.43. The van der Waals surface area contributed by atoms with Gasteiger partial charge in [0.1, 0.15) is 0 Å². The number of benzene rings is 1. The molecule has 0 aliphatic heterocycles. The first kappa shape index (κ1) is 18.0. The Balaban J connectivity index is 1.63. The van der Waals surface area contributed by atoms with E-state index >= 15 is 0 Å². The van der Waals surface area contributed by atoms with E-state index in [1.807, 2.05) is 0 Å². The molecule has 2 N–H and O–H groups in total. The minimum Gasteiger partial charge on any atom is -0.391 e. The topological polar surface area (TPSA) is 58.6 Å². The third-order valence-electron chi connectivity index (χ3n) is 4.75. The maximum Gasteiger partial charge on any atom is 0.220 e. The molecule has 0 saturated heterocycles. The summed E-state index contributed by atoms with van der Waals surface area (Å²) in [7, 11) is 1.56. The van der Waals surface area contributed by atoms with Crippen LogP contribution in [0, 0.1) is 5.92 Å². The summed E-state index contributed by atoms with van der Waals surface area (Å²) in [4.78, 5) is 12.0. The zero-order valence-corrected chi connectivity index (χ0v) is 14.0. The second kappa shape index (κ2) is 9.68. The number of aliphatic hydroxyl groups excluding tert-OH is 1. The lowest BCUT2D eigenvalue weighted by Crippen LogP contribution is -2.30. The molecule has 4 heteroatoms. The molecular formula is C19H29NO3. The molecule has 0 spiro atoms. The first-order valence-corrected chi connectivity index (χ1v) is 8.67. The Morgan fingerprint density at radius 2 is 1.96 bits per heavy atom. The number of nitrogens with one attached hydrogen (secondary N) is 1. The minimum atomic E-state index is -0.499. The zero-order chi connectivity index (χ0) is 16.5. The van der Waals surface area contributed by atoms with Crippen LogP contribution in [-0.4, -0.2) is 37.4 Å². The molecule has 1 unspecified atom stereocenters. The van der Waals surface area contributed by atoms with Crippen LogP contribution >= 0.6 is 0 Å². The Morgan fingerprint density at radius 1 is 1.26 bits per heavy atom. The highest BCUT2D eigenvalue weighted by atomic mass is 16.5. The van der Waals surface area contributed by atoms with Crippen LogP contribution in [0.4, 0.5) is 0 Å². The van der Waals surface area contributed by atoms with E-state index in [2.05, 4.69) is 35.6 Å². The molecule has 4 nitrogen and oxygen atoms in total. The van der Waals surface area contributed by atoms with Crippen molar-refractivity contribution in [1.82, 2.24) is 5.32 Å². The average molecular weight is 319 g/mol. The van der Waals surface area contributed by atoms with Gasteiger partial charge in [-0.05, 0) is 49.5 Å². The van der Waals surface area contributed by atoms with Crippen molar-refractivity contribution in [2.24, 2.45) is 5.92 Å². The van der Waals surface area contributed by atoms with Gasteiger partial charge in [0.25, 0.3) is 0 Å². The van der Waals surface area contributed by atoms with Crippen molar-refractivity contribution in [2.45, 2.75) is 50.5 Å². The van der Waals surface area contributed by atoms with Crippen LogP contribution in [0.3, 0.4) is 0 Å². The molecule has 1 fully saturated rings. The van der Waals surface area contributed by atoms with Gasteiger partial charge in [0, 0.05) is 20.1 Å². The second-order valence-corrected chi connectivity index (χ2v) is 6.58. The molecule has 0 bridgehead atoms. The smallest absolute Gasteiger partial charge is 0.220 e. The highest BCUT2D eigenvalue weighted by Crippen LogP contribution is 2.36. The van der Waals surface area contributed by atoms with Crippen molar-refractivity contribution >= 4 is 5.91 Å². The van der Waals surface area contributed by atoms with Crippen LogP contribution < -0.4 is 5.32 Å². The zero-order valence-electron chi connectivity index (χ0n) is 14.0. The first-order chi connectivity index (χ1) is 11.2. The summed E-state index contributed by atoms with van der Waals surface area (Å²) >= 11 is 0. The number of rotatable bonds is 8. The lowest BCUT2D eigenvalue weighted by atomic mass is 9.77. The fraction of sp³-hybridized carbons (Fsp3) is 0.632. The van der Waals surface area contributed by atoms with Crippen LogP contribution in [0.15, 0.2) is 30.3 Å². The van der Waals surface area contributed by atoms with Gasteiger partial charge in [-0.3, -0.25) is 4.79 Å². The van der Waals surface area contributed by atoms with Crippen molar-refractivity contribution in [2.75, 3.05) is 20.3 Å². The summed E-state index contributed by atoms with van der Waals surface area (Å²) in [6, 6.07) is 10.7. The van der Waals surface area contributed by atoms with Gasteiger partial charge in [0.2, 0.25) is 5.91 Å². The van der Waals surface area contributed by atoms with Gasteiger partial charge in [0.15, 0.2) is 0 Å². The Morgan fingerprint density at radius 3 is 2.61 bits per heavy atom. The quantitative estimate of drug-likeness (QED) is 0.774. The van der Waals surface area contributed by atoms with Gasteiger partial charge in [-0.25, -0.2) is 0 Å². The van der Waals surface area contributed by atoms with Gasteiger partial charge < -0.3 is 15.2 Å². The molecule has 0 heterocycles. The van der Waals surface area contributed by atoms with E-state index in [4.69, 9.17) is 4.74 Å². The summed E-state index contributed by atoms with van der Waals surface area (Å²) in [6.45, 7) is 0.835. The highest BCUT2D eigenvalue weighted by molar-refractivity contribution is 5.76. The molecular weight excluding hydrogens is 290 g/mol. The predicted molar refractivity (Wildman–Crippen MR) is 91.3 cm³/mol. The van der Waals surface area contributed by atoms with Crippen LogP contribution in [0.5, 0.6) is 0 Å². The third-order valence-corrected chi connectivity index (χ3v) is 4.75. The van der Waals surface area contributed by atoms with Crippen molar-refractivity contribution < 1.29 is 14.6 Å². The summed E-state index contributed by atoms with van der Waals surface area (Å²) in [5, 5.41) is 12.5. The molecule has 1 atom stereocenters. The number of hydrogen-bond donors (Lipinski definition) is 2. The van der Waals surface area contributed by atoms with Crippen molar-refractivity contribution in [3.8, 4) is 0 Å². The van der Waals surface area contributed by atoms with Gasteiger partial charge in [-0.2, -0.15) is 0 Å². The van der Waals surface area contributed by atoms with Gasteiger partial charge in [-0.1, -0.05) is 30.3 Å². The van der Waals surface area contributed by atoms with Gasteiger partial charge in [0.05, 0.1) is 12.7 Å². The summed E-state index contributed by atoms with van der Waals surface area (Å²) < 4.78 is 4.87. The van der Waals surface area contributed by atoms with Crippen molar-refractivity contribution in [1.29, 1.82) is 0 Å². The average Bonchev–Trinajstić information content (AvgIpc) is 2.56. The van der Waals surface area contributed by atoms with Crippen molar-refractivity contribution in [3.05, 3.63) is 35.9 Å². The fourth-order valence-corrected chi connectivity index (χ4v) is 3.41. The molecule has 1 aromatic rings. The number of aliphatic hydroxyl groups is 1. The number of hydrogen-bond acceptors (Lipinski definition) is 3. The molecule has 128 valence electrons. The molecule has 23 heavy (non-hydrogen) atoms. The Labute approximate surface area is 139 Å². The molecule has 1 aliphatic carbocycles. The Kier molecular flexibility index (Phi) is 7.56. The van der Waals surface area contributed by atoms with E-state index < -0.39 is 6.10 Å². The number of ether oxygens (including phenoxy) is 1. The molecule has 0 aromatic heterocycles. The largest absolute Gasteiger partial charge is 0.391 e. The first-order valence-electron chi connectivity index (χ1n) is 8.67. The molecule has 0 radical (unpaired) electrons. The van der Waals surface area contributed by atoms with E-state index in [1.165, 1.54) is 18.4 Å². The standard InChI is InChI=1S/C19H29NO3/c1-23-14-18(21)11-12-20-19(22)13-15-7-9-17(10-8-15)16-5-3-2-4-6-16/h2-6,15,17-18,21H,7-14H2,1H3,(H,20,22). The fourth-order valence-electron chi connectivity index (χ4n) is 3.41. The van der Waals surface area contributed by atoms with E-state index in [0.29, 0.717) is 37.8 Å². The normalized spacial score (nSPS) is 22.5.